The second-order valence-corrected chi connectivity index (χ2v) is 7.13. The number of hydrogen-bond donors (Lipinski definition) is 2. The first kappa shape index (κ1) is 19.9. The number of imide groups is 1. The van der Waals surface area contributed by atoms with Crippen molar-refractivity contribution in [2.45, 2.75) is 31.6 Å². The summed E-state index contributed by atoms with van der Waals surface area (Å²) >= 11 is 5.99. The molecule has 1 saturated heterocycles. The van der Waals surface area contributed by atoms with Crippen molar-refractivity contribution >= 4 is 35.0 Å². The first-order chi connectivity index (χ1) is 13.4. The molecule has 2 aromatic rings. The Kier molecular flexibility index (Phi) is 5.70. The molecule has 1 heterocycles. The van der Waals surface area contributed by atoms with E-state index in [1.807, 2.05) is 19.1 Å². The van der Waals surface area contributed by atoms with Crippen molar-refractivity contribution < 1.29 is 19.1 Å². The van der Waals surface area contributed by atoms with E-state index in [0.29, 0.717) is 41.3 Å². The number of hydrogen-bond acceptors (Lipinski definition) is 4. The number of benzene rings is 2. The van der Waals surface area contributed by atoms with E-state index in [0.717, 1.165) is 5.56 Å². The molecule has 7 heteroatoms. The Labute approximate surface area is 168 Å². The number of methoxy groups -OCH3 is 1. The fourth-order valence-corrected chi connectivity index (χ4v) is 3.67. The largest absolute Gasteiger partial charge is 0.496 e. The molecule has 1 aliphatic heterocycles. The Bertz CT molecular complexity index is 927. The van der Waals surface area contributed by atoms with E-state index in [4.69, 9.17) is 16.3 Å². The summed E-state index contributed by atoms with van der Waals surface area (Å²) in [5.74, 6) is -0.439. The average molecular weight is 401 g/mol. The molecule has 3 rings (SSSR count). The molecule has 0 spiro atoms. The van der Waals surface area contributed by atoms with Gasteiger partial charge in [0, 0.05) is 17.1 Å². The van der Waals surface area contributed by atoms with Crippen LogP contribution in [0.2, 0.25) is 5.02 Å². The zero-order chi connectivity index (χ0) is 20.3. The predicted molar refractivity (Wildman–Crippen MR) is 107 cm³/mol. The lowest BCUT2D eigenvalue weighted by atomic mass is 9.72. The van der Waals surface area contributed by atoms with E-state index in [-0.39, 0.29) is 17.7 Å². The molecule has 28 heavy (non-hydrogen) atoms. The molecule has 0 aromatic heterocycles. The van der Waals surface area contributed by atoms with Gasteiger partial charge in [-0.3, -0.25) is 19.7 Å². The molecule has 2 aromatic carbocycles. The summed E-state index contributed by atoms with van der Waals surface area (Å²) in [5.41, 5.74) is 0.994. The van der Waals surface area contributed by atoms with E-state index in [2.05, 4.69) is 10.6 Å². The van der Waals surface area contributed by atoms with E-state index in [9.17, 15) is 14.4 Å². The maximum absolute atomic E-state index is 12.6. The molecule has 3 amide bonds. The van der Waals surface area contributed by atoms with Crippen LogP contribution in [0.4, 0.5) is 5.69 Å². The lowest BCUT2D eigenvalue weighted by molar-refractivity contribution is -0.138. The average Bonchev–Trinajstić information content (AvgIpc) is 2.69. The number of halogens is 1. The van der Waals surface area contributed by atoms with Crippen LogP contribution in [0.1, 0.15) is 42.1 Å². The van der Waals surface area contributed by atoms with Gasteiger partial charge < -0.3 is 10.1 Å². The summed E-state index contributed by atoms with van der Waals surface area (Å²) in [6.45, 7) is 1.93. The molecule has 0 bridgehead atoms. The van der Waals surface area contributed by atoms with Crippen LogP contribution in [0.25, 0.3) is 0 Å². The number of ether oxygens (including phenoxy) is 1. The number of amides is 3. The summed E-state index contributed by atoms with van der Waals surface area (Å²) in [7, 11) is 1.49. The van der Waals surface area contributed by atoms with Gasteiger partial charge in [-0.15, -0.1) is 0 Å². The summed E-state index contributed by atoms with van der Waals surface area (Å²) in [6.07, 6.45) is 1.36. The number of rotatable bonds is 5. The minimum absolute atomic E-state index is 0.242. The van der Waals surface area contributed by atoms with Gasteiger partial charge in [-0.25, -0.2) is 0 Å². The van der Waals surface area contributed by atoms with Gasteiger partial charge >= 0.3 is 0 Å². The number of nitrogens with one attached hydrogen (secondary N) is 2. The summed E-state index contributed by atoms with van der Waals surface area (Å²) < 4.78 is 5.21. The monoisotopic (exact) mass is 400 g/mol. The highest BCUT2D eigenvalue weighted by atomic mass is 35.5. The quantitative estimate of drug-likeness (QED) is 0.750. The lowest BCUT2D eigenvalue weighted by Gasteiger charge is -2.35. The van der Waals surface area contributed by atoms with Gasteiger partial charge in [-0.1, -0.05) is 30.7 Å². The lowest BCUT2D eigenvalue weighted by Crippen LogP contribution is -2.51. The van der Waals surface area contributed by atoms with Crippen LogP contribution in [-0.4, -0.2) is 24.8 Å². The molecule has 1 fully saturated rings. The van der Waals surface area contributed by atoms with E-state index in [1.165, 1.54) is 7.11 Å². The van der Waals surface area contributed by atoms with Crippen LogP contribution in [0.15, 0.2) is 42.5 Å². The molecule has 0 unspecified atom stereocenters. The number of carbonyl (C=O) groups is 3. The van der Waals surface area contributed by atoms with E-state index < -0.39 is 5.41 Å². The highest BCUT2D eigenvalue weighted by Gasteiger charge is 2.42. The molecule has 146 valence electrons. The van der Waals surface area contributed by atoms with Crippen LogP contribution in [0.5, 0.6) is 5.75 Å². The van der Waals surface area contributed by atoms with Crippen LogP contribution in [0, 0.1) is 0 Å². The Morgan fingerprint density at radius 3 is 2.54 bits per heavy atom. The number of carbonyl (C=O) groups excluding carboxylic acids is 3. The van der Waals surface area contributed by atoms with Gasteiger partial charge in [0.2, 0.25) is 11.8 Å². The normalized spacial score (nSPS) is 19.1. The summed E-state index contributed by atoms with van der Waals surface area (Å²) in [6, 6.07) is 11.9. The maximum atomic E-state index is 12.6. The van der Waals surface area contributed by atoms with Crippen LogP contribution < -0.4 is 15.4 Å². The molecule has 0 saturated carbocycles. The van der Waals surface area contributed by atoms with Crippen molar-refractivity contribution in [3.8, 4) is 5.75 Å². The van der Waals surface area contributed by atoms with Gasteiger partial charge in [-0.05, 0) is 48.7 Å². The molecular formula is C21H21ClN2O4. The minimum Gasteiger partial charge on any atom is -0.496 e. The Morgan fingerprint density at radius 1 is 1.21 bits per heavy atom. The molecule has 1 aliphatic rings. The van der Waals surface area contributed by atoms with Crippen LogP contribution in [0.3, 0.4) is 0 Å². The number of anilines is 1. The van der Waals surface area contributed by atoms with E-state index >= 15 is 0 Å². The Morgan fingerprint density at radius 2 is 1.93 bits per heavy atom. The van der Waals surface area contributed by atoms with Gasteiger partial charge in [0.25, 0.3) is 5.91 Å². The fraction of sp³-hybridized carbons (Fsp3) is 0.286. The highest BCUT2D eigenvalue weighted by molar-refractivity contribution is 6.31. The minimum atomic E-state index is -0.730. The predicted octanol–water partition coefficient (Wildman–Crippen LogP) is 3.69. The SMILES string of the molecule is CC[C@]1(c2ccc(NC(=O)c3cc(Cl)ccc3OC)cc2)CCC(=O)NC1=O. The van der Waals surface area contributed by atoms with Crippen molar-refractivity contribution in [2.75, 3.05) is 12.4 Å². The molecule has 6 nitrogen and oxygen atoms in total. The number of piperidine rings is 1. The standard InChI is InChI=1S/C21H21ClN2O4/c1-3-21(11-10-18(25)24-20(21)27)13-4-7-15(8-5-13)23-19(26)16-12-14(22)6-9-17(16)28-2/h4-9,12H,3,10-11H2,1-2H3,(H,23,26)(H,24,25,27)/t21-/m1/s1. The first-order valence-electron chi connectivity index (χ1n) is 8.99. The zero-order valence-corrected chi connectivity index (χ0v) is 16.4. The molecule has 2 N–H and O–H groups in total. The third-order valence-electron chi connectivity index (χ3n) is 5.17. The Balaban J connectivity index is 1.81. The van der Waals surface area contributed by atoms with Gasteiger partial charge in [0.05, 0.1) is 18.1 Å². The van der Waals surface area contributed by atoms with Gasteiger partial charge in [0.1, 0.15) is 5.75 Å². The molecule has 1 atom stereocenters. The van der Waals surface area contributed by atoms with Crippen molar-refractivity contribution in [3.05, 3.63) is 58.6 Å². The smallest absolute Gasteiger partial charge is 0.259 e. The van der Waals surface area contributed by atoms with Crippen LogP contribution >= 0.6 is 11.6 Å². The highest BCUT2D eigenvalue weighted by Crippen LogP contribution is 2.36. The van der Waals surface area contributed by atoms with E-state index in [1.54, 1.807) is 30.3 Å². The molecular weight excluding hydrogens is 380 g/mol. The fourth-order valence-electron chi connectivity index (χ4n) is 3.49. The second-order valence-electron chi connectivity index (χ2n) is 6.69. The van der Waals surface area contributed by atoms with Crippen molar-refractivity contribution in [1.82, 2.24) is 5.32 Å². The van der Waals surface area contributed by atoms with Crippen LogP contribution in [-0.2, 0) is 15.0 Å². The maximum Gasteiger partial charge on any atom is 0.259 e. The van der Waals surface area contributed by atoms with Crippen molar-refractivity contribution in [3.63, 3.8) is 0 Å². The van der Waals surface area contributed by atoms with Gasteiger partial charge in [0.15, 0.2) is 0 Å². The zero-order valence-electron chi connectivity index (χ0n) is 15.7. The Hall–Kier alpha value is -2.86. The first-order valence-corrected chi connectivity index (χ1v) is 9.37. The molecule has 0 aliphatic carbocycles. The second kappa shape index (κ2) is 8.02. The summed E-state index contributed by atoms with van der Waals surface area (Å²) in [5, 5.41) is 5.67. The summed E-state index contributed by atoms with van der Waals surface area (Å²) in [4.78, 5) is 36.6. The molecule has 0 radical (unpaired) electrons. The third kappa shape index (κ3) is 3.73. The third-order valence-corrected chi connectivity index (χ3v) is 5.41. The van der Waals surface area contributed by atoms with Crippen molar-refractivity contribution in [1.29, 1.82) is 0 Å². The topological polar surface area (TPSA) is 84.5 Å². The van der Waals surface area contributed by atoms with Crippen molar-refractivity contribution in [2.24, 2.45) is 0 Å². The van der Waals surface area contributed by atoms with Gasteiger partial charge in [-0.2, -0.15) is 0 Å².